The van der Waals surface area contributed by atoms with Crippen LogP contribution in [0.4, 0.5) is 0 Å². The molecule has 2 aliphatic rings. The Kier molecular flexibility index (Phi) is 3.72. The van der Waals surface area contributed by atoms with Gasteiger partial charge in [-0.25, -0.2) is 0 Å². The average molecular weight is 279 g/mol. The summed E-state index contributed by atoms with van der Waals surface area (Å²) in [6.45, 7) is 0.190. The third-order valence-corrected chi connectivity index (χ3v) is 4.32. The second-order valence-electron chi connectivity index (χ2n) is 5.52. The highest BCUT2D eigenvalue weighted by Gasteiger charge is 2.30. The van der Waals surface area contributed by atoms with E-state index in [4.69, 9.17) is 19.9 Å². The maximum Gasteiger partial charge on any atom is 0.231 e. The molecular weight excluding hydrogens is 258 g/mol. The molecule has 1 fully saturated rings. The van der Waals surface area contributed by atoms with Gasteiger partial charge in [-0.15, -0.1) is 0 Å². The van der Waals surface area contributed by atoms with E-state index < -0.39 is 12.1 Å². The van der Waals surface area contributed by atoms with Gasteiger partial charge in [0.2, 0.25) is 12.5 Å². The third-order valence-electron chi connectivity index (χ3n) is 4.32. The molecule has 0 unspecified atom stereocenters. The Labute approximate surface area is 118 Å². The summed E-state index contributed by atoms with van der Waals surface area (Å²) in [6.07, 6.45) is 3.94. The summed E-state index contributed by atoms with van der Waals surface area (Å²) in [6, 6.07) is 3.24. The van der Waals surface area contributed by atoms with Crippen molar-refractivity contribution < 1.29 is 19.3 Å². The number of ether oxygens (including phenoxy) is 3. The van der Waals surface area contributed by atoms with Gasteiger partial charge in [0.15, 0.2) is 11.5 Å². The molecule has 0 radical (unpaired) electrons. The highest BCUT2D eigenvalue weighted by atomic mass is 16.7. The van der Waals surface area contributed by atoms with Crippen molar-refractivity contribution in [3.8, 4) is 17.2 Å². The lowest BCUT2D eigenvalue weighted by molar-refractivity contribution is 0.0844. The van der Waals surface area contributed by atoms with Crippen LogP contribution in [0.1, 0.15) is 37.3 Å². The normalized spacial score (nSPS) is 20.9. The number of fused-ring (bicyclic) bond motifs is 1. The molecule has 1 aliphatic heterocycles. The second kappa shape index (κ2) is 5.50. The molecule has 20 heavy (non-hydrogen) atoms. The first-order chi connectivity index (χ1) is 9.70. The fourth-order valence-corrected chi connectivity index (χ4v) is 3.13. The summed E-state index contributed by atoms with van der Waals surface area (Å²) in [5.41, 5.74) is 7.06. The Balaban J connectivity index is 1.85. The quantitative estimate of drug-likeness (QED) is 0.881. The van der Waals surface area contributed by atoms with Crippen molar-refractivity contribution in [3.05, 3.63) is 17.7 Å². The number of methoxy groups -OCH3 is 1. The fraction of sp³-hybridized carbons (Fsp3) is 0.600. The minimum Gasteiger partial charge on any atom is -0.493 e. The maximum atomic E-state index is 10.4. The van der Waals surface area contributed by atoms with Gasteiger partial charge in [0.25, 0.3) is 0 Å². The van der Waals surface area contributed by atoms with Crippen molar-refractivity contribution in [1.82, 2.24) is 0 Å². The molecule has 1 aromatic rings. The number of nitrogens with two attached hydrogens (primary N) is 1. The van der Waals surface area contributed by atoms with Crippen LogP contribution < -0.4 is 19.9 Å². The van der Waals surface area contributed by atoms with Gasteiger partial charge < -0.3 is 25.1 Å². The maximum absolute atomic E-state index is 10.4. The summed E-state index contributed by atoms with van der Waals surface area (Å²) >= 11 is 0. The van der Waals surface area contributed by atoms with Crippen molar-refractivity contribution in [2.45, 2.75) is 37.8 Å². The minimum atomic E-state index is -0.525. The van der Waals surface area contributed by atoms with Crippen molar-refractivity contribution >= 4 is 0 Å². The molecule has 1 heterocycles. The lowest BCUT2D eigenvalue weighted by atomic mass is 9.90. The molecule has 3 rings (SSSR count). The number of hydrogen-bond acceptors (Lipinski definition) is 5. The first-order valence-electron chi connectivity index (χ1n) is 7.12. The van der Waals surface area contributed by atoms with Crippen LogP contribution in [0, 0.1) is 5.92 Å². The second-order valence-corrected chi connectivity index (χ2v) is 5.52. The molecule has 1 aromatic carbocycles. The SMILES string of the molecule is COc1cc([C@H](N)[C@H](O)C2CCCC2)cc2c1OCO2. The number of hydrogen-bond donors (Lipinski definition) is 2. The van der Waals surface area contributed by atoms with Crippen LogP contribution in [0.15, 0.2) is 12.1 Å². The largest absolute Gasteiger partial charge is 0.493 e. The summed E-state index contributed by atoms with van der Waals surface area (Å²) < 4.78 is 16.1. The van der Waals surface area contributed by atoms with Crippen LogP contribution in [0.3, 0.4) is 0 Å². The number of rotatable bonds is 4. The predicted octanol–water partition coefficient (Wildman–Crippen LogP) is 1.97. The first-order valence-corrected chi connectivity index (χ1v) is 7.12. The smallest absolute Gasteiger partial charge is 0.231 e. The summed E-state index contributed by atoms with van der Waals surface area (Å²) in [5.74, 6) is 2.14. The highest BCUT2D eigenvalue weighted by Crippen LogP contribution is 2.44. The molecule has 2 atom stereocenters. The predicted molar refractivity (Wildman–Crippen MR) is 74.0 cm³/mol. The van der Waals surface area contributed by atoms with E-state index in [1.54, 1.807) is 7.11 Å². The Hall–Kier alpha value is -1.46. The van der Waals surface area contributed by atoms with Crippen LogP contribution in [0.5, 0.6) is 17.2 Å². The zero-order valence-electron chi connectivity index (χ0n) is 11.7. The Morgan fingerprint density at radius 2 is 2.05 bits per heavy atom. The van der Waals surface area contributed by atoms with Crippen LogP contribution in [-0.4, -0.2) is 25.1 Å². The molecule has 0 aromatic heterocycles. The summed E-state index contributed by atoms with van der Waals surface area (Å²) in [5, 5.41) is 10.4. The van der Waals surface area contributed by atoms with Gasteiger partial charge in [0.1, 0.15) is 0 Å². The highest BCUT2D eigenvalue weighted by molar-refractivity contribution is 5.55. The topological polar surface area (TPSA) is 73.9 Å². The van der Waals surface area contributed by atoms with Crippen molar-refractivity contribution in [2.24, 2.45) is 11.7 Å². The van der Waals surface area contributed by atoms with E-state index in [1.807, 2.05) is 12.1 Å². The average Bonchev–Trinajstić information content (AvgIpc) is 3.15. The van der Waals surface area contributed by atoms with Gasteiger partial charge in [-0.1, -0.05) is 12.8 Å². The van der Waals surface area contributed by atoms with E-state index in [0.29, 0.717) is 23.2 Å². The summed E-state index contributed by atoms with van der Waals surface area (Å²) in [4.78, 5) is 0. The Morgan fingerprint density at radius 1 is 1.30 bits per heavy atom. The molecule has 110 valence electrons. The molecule has 0 saturated heterocycles. The van der Waals surface area contributed by atoms with Crippen LogP contribution in [0.2, 0.25) is 0 Å². The molecule has 1 saturated carbocycles. The Morgan fingerprint density at radius 3 is 2.75 bits per heavy atom. The van der Waals surface area contributed by atoms with E-state index in [1.165, 1.54) is 12.8 Å². The number of aliphatic hydroxyl groups is 1. The van der Waals surface area contributed by atoms with E-state index in [-0.39, 0.29) is 6.79 Å². The van der Waals surface area contributed by atoms with E-state index >= 15 is 0 Å². The lowest BCUT2D eigenvalue weighted by Gasteiger charge is -2.25. The van der Waals surface area contributed by atoms with E-state index in [0.717, 1.165) is 18.4 Å². The molecule has 5 heteroatoms. The molecule has 3 N–H and O–H groups in total. The van der Waals surface area contributed by atoms with Crippen LogP contribution in [-0.2, 0) is 0 Å². The third kappa shape index (κ3) is 2.31. The molecule has 5 nitrogen and oxygen atoms in total. The van der Waals surface area contributed by atoms with Crippen molar-refractivity contribution in [1.29, 1.82) is 0 Å². The fourth-order valence-electron chi connectivity index (χ4n) is 3.13. The van der Waals surface area contributed by atoms with Crippen molar-refractivity contribution in [3.63, 3.8) is 0 Å². The van der Waals surface area contributed by atoms with Crippen LogP contribution in [0.25, 0.3) is 0 Å². The molecule has 0 bridgehead atoms. The minimum absolute atomic E-state index is 0.190. The molecule has 0 spiro atoms. The van der Waals surface area contributed by atoms with E-state index in [2.05, 4.69) is 0 Å². The number of benzene rings is 1. The zero-order valence-corrected chi connectivity index (χ0v) is 11.7. The molecule has 0 amide bonds. The number of aliphatic hydroxyl groups excluding tert-OH is 1. The van der Waals surface area contributed by atoms with Gasteiger partial charge in [0.05, 0.1) is 19.3 Å². The van der Waals surface area contributed by atoms with Gasteiger partial charge in [-0.3, -0.25) is 0 Å². The lowest BCUT2D eigenvalue weighted by Crippen LogP contribution is -2.31. The monoisotopic (exact) mass is 279 g/mol. The Bertz CT molecular complexity index is 485. The van der Waals surface area contributed by atoms with Gasteiger partial charge in [-0.2, -0.15) is 0 Å². The van der Waals surface area contributed by atoms with Gasteiger partial charge in [0, 0.05) is 0 Å². The standard InChI is InChI=1S/C15H21NO4/c1-18-11-6-10(7-12-15(11)20-8-19-12)13(16)14(17)9-4-2-3-5-9/h6-7,9,13-14,17H,2-5,8,16H2,1H3/t13-,14+/m0/s1. The molecular formula is C15H21NO4. The van der Waals surface area contributed by atoms with Gasteiger partial charge >= 0.3 is 0 Å². The van der Waals surface area contributed by atoms with Crippen molar-refractivity contribution in [2.75, 3.05) is 13.9 Å². The van der Waals surface area contributed by atoms with Gasteiger partial charge in [-0.05, 0) is 36.5 Å². The zero-order chi connectivity index (χ0) is 14.1. The molecule has 1 aliphatic carbocycles. The summed E-state index contributed by atoms with van der Waals surface area (Å²) in [7, 11) is 1.58. The first kappa shape index (κ1) is 13.5. The van der Waals surface area contributed by atoms with Crippen LogP contribution >= 0.6 is 0 Å². The van der Waals surface area contributed by atoms with E-state index in [9.17, 15) is 5.11 Å².